The zero-order chi connectivity index (χ0) is 22.3. The number of nitrogens with one attached hydrogen (secondary N) is 1. The second kappa shape index (κ2) is 10.0. The predicted octanol–water partition coefficient (Wildman–Crippen LogP) is 3.73. The summed E-state index contributed by atoms with van der Waals surface area (Å²) in [5, 5.41) is 12.1. The van der Waals surface area contributed by atoms with Gasteiger partial charge in [-0.05, 0) is 36.4 Å². The highest BCUT2D eigenvalue weighted by Crippen LogP contribution is 2.30. The molecule has 3 heterocycles. The smallest absolute Gasteiger partial charge is 0.234 e. The summed E-state index contributed by atoms with van der Waals surface area (Å²) in [5.74, 6) is 2.50. The minimum Gasteiger partial charge on any atom is -0.497 e. The average Bonchev–Trinajstić information content (AvgIpc) is 3.49. The van der Waals surface area contributed by atoms with E-state index in [-0.39, 0.29) is 11.7 Å². The lowest BCUT2D eigenvalue weighted by atomic mass is 10.2. The first-order chi connectivity index (χ1) is 15.7. The van der Waals surface area contributed by atoms with Gasteiger partial charge in [0.05, 0.1) is 38.5 Å². The number of amides is 1. The molecular weight excluding hydrogens is 430 g/mol. The monoisotopic (exact) mass is 451 g/mol. The number of ether oxygens (including phenoxy) is 2. The van der Waals surface area contributed by atoms with E-state index in [1.54, 1.807) is 44.0 Å². The first kappa shape index (κ1) is 21.4. The number of furan rings is 1. The van der Waals surface area contributed by atoms with Gasteiger partial charge in [0.2, 0.25) is 5.91 Å². The first-order valence-electron chi connectivity index (χ1n) is 9.68. The summed E-state index contributed by atoms with van der Waals surface area (Å²) in [6.07, 6.45) is 5.04. The van der Waals surface area contributed by atoms with Gasteiger partial charge in [0.25, 0.3) is 0 Å². The van der Waals surface area contributed by atoms with Gasteiger partial charge in [0, 0.05) is 24.0 Å². The minimum atomic E-state index is -0.200. The number of nitrogens with zero attached hydrogens (tertiary/aromatic N) is 4. The highest BCUT2D eigenvalue weighted by atomic mass is 32.2. The Morgan fingerprint density at radius 2 is 2.06 bits per heavy atom. The summed E-state index contributed by atoms with van der Waals surface area (Å²) >= 11 is 1.28. The van der Waals surface area contributed by atoms with E-state index >= 15 is 0 Å². The van der Waals surface area contributed by atoms with Crippen molar-refractivity contribution >= 4 is 23.4 Å². The standard InChI is InChI=1S/C22H21N5O4S/c1-29-16-7-8-18(19(11-16)30-2)24-20(28)14-32-22-26-25-21(15-5-3-9-23-12-15)27(22)13-17-6-4-10-31-17/h3-12H,13-14H2,1-2H3,(H,24,28). The molecular formula is C22H21N5O4S. The van der Waals surface area contributed by atoms with Gasteiger partial charge in [-0.1, -0.05) is 11.8 Å². The number of rotatable bonds is 9. The summed E-state index contributed by atoms with van der Waals surface area (Å²) in [4.78, 5) is 16.8. The Labute approximate surface area is 188 Å². The summed E-state index contributed by atoms with van der Waals surface area (Å²) in [5.41, 5.74) is 1.39. The number of benzene rings is 1. The highest BCUT2D eigenvalue weighted by Gasteiger charge is 2.18. The minimum absolute atomic E-state index is 0.137. The molecule has 9 nitrogen and oxygen atoms in total. The lowest BCUT2D eigenvalue weighted by Gasteiger charge is -2.12. The van der Waals surface area contributed by atoms with Gasteiger partial charge in [-0.15, -0.1) is 10.2 Å². The Kier molecular flexibility index (Phi) is 6.71. The van der Waals surface area contributed by atoms with E-state index in [2.05, 4.69) is 20.5 Å². The molecule has 3 aromatic heterocycles. The lowest BCUT2D eigenvalue weighted by Crippen LogP contribution is -2.15. The van der Waals surface area contributed by atoms with Crippen LogP contribution in [-0.2, 0) is 11.3 Å². The molecule has 1 N–H and O–H groups in total. The van der Waals surface area contributed by atoms with Crippen molar-refractivity contribution in [2.45, 2.75) is 11.7 Å². The van der Waals surface area contributed by atoms with E-state index in [9.17, 15) is 4.79 Å². The molecule has 164 valence electrons. The lowest BCUT2D eigenvalue weighted by molar-refractivity contribution is -0.113. The quantitative estimate of drug-likeness (QED) is 0.384. The molecule has 0 radical (unpaired) electrons. The van der Waals surface area contributed by atoms with Gasteiger partial charge < -0.3 is 19.2 Å². The van der Waals surface area contributed by atoms with Crippen LogP contribution < -0.4 is 14.8 Å². The Morgan fingerprint density at radius 3 is 2.78 bits per heavy atom. The van der Waals surface area contributed by atoms with Crippen molar-refractivity contribution in [1.29, 1.82) is 0 Å². The maximum Gasteiger partial charge on any atom is 0.234 e. The normalized spacial score (nSPS) is 10.7. The van der Waals surface area contributed by atoms with Gasteiger partial charge in [-0.3, -0.25) is 14.3 Å². The van der Waals surface area contributed by atoms with E-state index < -0.39 is 0 Å². The van der Waals surface area contributed by atoms with Crippen molar-refractivity contribution in [2.75, 3.05) is 25.3 Å². The van der Waals surface area contributed by atoms with Crippen molar-refractivity contribution in [2.24, 2.45) is 0 Å². The van der Waals surface area contributed by atoms with E-state index in [1.807, 2.05) is 28.8 Å². The maximum atomic E-state index is 12.6. The molecule has 0 unspecified atom stereocenters. The second-order valence-corrected chi connectivity index (χ2v) is 7.56. The molecule has 4 rings (SSSR count). The van der Waals surface area contributed by atoms with Crippen LogP contribution in [0.1, 0.15) is 5.76 Å². The Morgan fingerprint density at radius 1 is 1.16 bits per heavy atom. The molecule has 0 fully saturated rings. The van der Waals surface area contributed by atoms with Crippen LogP contribution in [0.15, 0.2) is 70.7 Å². The SMILES string of the molecule is COc1ccc(NC(=O)CSc2nnc(-c3cccnc3)n2Cc2ccco2)c(OC)c1. The number of methoxy groups -OCH3 is 2. The Balaban J connectivity index is 1.50. The molecule has 0 saturated carbocycles. The van der Waals surface area contributed by atoms with Gasteiger partial charge in [-0.2, -0.15) is 0 Å². The summed E-state index contributed by atoms with van der Waals surface area (Å²) in [6.45, 7) is 0.431. The first-order valence-corrected chi connectivity index (χ1v) is 10.7. The van der Waals surface area contributed by atoms with Gasteiger partial charge >= 0.3 is 0 Å². The van der Waals surface area contributed by atoms with E-state index in [4.69, 9.17) is 13.9 Å². The Hall–Kier alpha value is -3.79. The third-order valence-electron chi connectivity index (χ3n) is 4.55. The van der Waals surface area contributed by atoms with E-state index in [0.717, 1.165) is 11.3 Å². The number of anilines is 1. The second-order valence-electron chi connectivity index (χ2n) is 6.62. The molecule has 1 aromatic carbocycles. The van der Waals surface area contributed by atoms with Crippen LogP contribution in [0.25, 0.3) is 11.4 Å². The topological polar surface area (TPSA) is 104 Å². The fourth-order valence-corrected chi connectivity index (χ4v) is 3.76. The van der Waals surface area contributed by atoms with Crippen LogP contribution in [0, 0.1) is 0 Å². The fourth-order valence-electron chi connectivity index (χ4n) is 3.02. The maximum absolute atomic E-state index is 12.6. The van der Waals surface area contributed by atoms with Crippen molar-refractivity contribution in [1.82, 2.24) is 19.7 Å². The number of aromatic nitrogens is 4. The van der Waals surface area contributed by atoms with E-state index in [1.165, 1.54) is 18.9 Å². The molecule has 0 saturated heterocycles. The average molecular weight is 452 g/mol. The molecule has 0 aliphatic heterocycles. The van der Waals surface area contributed by atoms with E-state index in [0.29, 0.717) is 34.7 Å². The highest BCUT2D eigenvalue weighted by molar-refractivity contribution is 7.99. The summed E-state index contributed by atoms with van der Waals surface area (Å²) in [7, 11) is 3.11. The molecule has 0 bridgehead atoms. The molecule has 1 amide bonds. The van der Waals surface area contributed by atoms with Crippen molar-refractivity contribution in [3.8, 4) is 22.9 Å². The predicted molar refractivity (Wildman–Crippen MR) is 120 cm³/mol. The van der Waals surface area contributed by atoms with Crippen molar-refractivity contribution in [3.63, 3.8) is 0 Å². The van der Waals surface area contributed by atoms with Crippen molar-refractivity contribution < 1.29 is 18.7 Å². The van der Waals surface area contributed by atoms with Gasteiger partial charge in [-0.25, -0.2) is 0 Å². The number of thioether (sulfide) groups is 1. The van der Waals surface area contributed by atoms with Crippen molar-refractivity contribution in [3.05, 3.63) is 66.9 Å². The van der Waals surface area contributed by atoms with Crippen LogP contribution >= 0.6 is 11.8 Å². The number of pyridine rings is 1. The number of hydrogen-bond acceptors (Lipinski definition) is 8. The molecule has 0 aliphatic rings. The van der Waals surface area contributed by atoms with Gasteiger partial charge in [0.1, 0.15) is 17.3 Å². The zero-order valence-corrected chi connectivity index (χ0v) is 18.3. The van der Waals surface area contributed by atoms with Crippen LogP contribution in [0.5, 0.6) is 11.5 Å². The summed E-state index contributed by atoms with van der Waals surface area (Å²) < 4.78 is 17.9. The van der Waals surface area contributed by atoms with Crippen LogP contribution in [-0.4, -0.2) is 45.6 Å². The molecule has 4 aromatic rings. The van der Waals surface area contributed by atoms with Crippen LogP contribution in [0.4, 0.5) is 5.69 Å². The third-order valence-corrected chi connectivity index (χ3v) is 5.51. The number of carbonyl (C=O) groups is 1. The Bertz CT molecular complexity index is 1180. The van der Waals surface area contributed by atoms with Crippen LogP contribution in [0.2, 0.25) is 0 Å². The van der Waals surface area contributed by atoms with Crippen LogP contribution in [0.3, 0.4) is 0 Å². The summed E-state index contributed by atoms with van der Waals surface area (Å²) in [6, 6.07) is 12.7. The molecule has 0 atom stereocenters. The number of carbonyl (C=O) groups excluding carboxylic acids is 1. The molecule has 32 heavy (non-hydrogen) atoms. The zero-order valence-electron chi connectivity index (χ0n) is 17.5. The largest absolute Gasteiger partial charge is 0.497 e. The third kappa shape index (κ3) is 4.92. The molecule has 10 heteroatoms. The number of hydrogen-bond donors (Lipinski definition) is 1. The molecule has 0 aliphatic carbocycles. The fraction of sp³-hybridized carbons (Fsp3) is 0.182. The molecule has 0 spiro atoms. The van der Waals surface area contributed by atoms with Gasteiger partial charge in [0.15, 0.2) is 11.0 Å².